The largest absolute Gasteiger partial charge is 0.355 e. The molecular weight excluding hydrogens is 228 g/mol. The van der Waals surface area contributed by atoms with E-state index in [9.17, 15) is 13.2 Å². The second-order valence-electron chi connectivity index (χ2n) is 3.91. The lowest BCUT2D eigenvalue weighted by Gasteiger charge is -2.17. The number of hydrogen-bond donors (Lipinski definition) is 2. The molecule has 96 valence electrons. The van der Waals surface area contributed by atoms with E-state index in [1.165, 1.54) is 6.92 Å². The predicted molar refractivity (Wildman–Crippen MR) is 64.8 cm³/mol. The molecule has 1 amide bonds. The quantitative estimate of drug-likeness (QED) is 0.668. The topological polar surface area (TPSA) is 89.3 Å². The summed E-state index contributed by atoms with van der Waals surface area (Å²) in [5, 5.41) is 1.02. The smallest absolute Gasteiger partial charge is 0.238 e. The zero-order valence-corrected chi connectivity index (χ0v) is 11.0. The number of hydrogen-bond acceptors (Lipinski definition) is 4. The molecule has 2 unspecified atom stereocenters. The second kappa shape index (κ2) is 6.85. The molecule has 0 aromatic rings. The van der Waals surface area contributed by atoms with E-state index in [2.05, 4.69) is 5.32 Å². The third-order valence-electron chi connectivity index (χ3n) is 2.55. The highest BCUT2D eigenvalue weighted by Crippen LogP contribution is 2.12. The lowest BCUT2D eigenvalue weighted by atomic mass is 10.3. The van der Waals surface area contributed by atoms with E-state index in [1.807, 2.05) is 6.92 Å². The fourth-order valence-electron chi connectivity index (χ4n) is 1.29. The van der Waals surface area contributed by atoms with Crippen molar-refractivity contribution in [2.75, 3.05) is 13.1 Å². The van der Waals surface area contributed by atoms with Crippen LogP contribution in [0.4, 0.5) is 0 Å². The van der Waals surface area contributed by atoms with Crippen LogP contribution in [0.5, 0.6) is 0 Å². The van der Waals surface area contributed by atoms with Gasteiger partial charge in [0.15, 0.2) is 9.84 Å². The van der Waals surface area contributed by atoms with Gasteiger partial charge in [-0.2, -0.15) is 0 Å². The molecule has 0 saturated heterocycles. The summed E-state index contributed by atoms with van der Waals surface area (Å²) in [6.45, 7) is 5.74. The number of rotatable bonds is 7. The van der Waals surface area contributed by atoms with Crippen LogP contribution in [0, 0.1) is 0 Å². The third kappa shape index (κ3) is 4.09. The first-order chi connectivity index (χ1) is 7.37. The molecule has 0 spiro atoms. The summed E-state index contributed by atoms with van der Waals surface area (Å²) >= 11 is 0. The average molecular weight is 250 g/mol. The average Bonchev–Trinajstić information content (AvgIpc) is 2.24. The number of carbonyl (C=O) groups excluding carboxylic acids is 1. The van der Waals surface area contributed by atoms with Gasteiger partial charge in [0.2, 0.25) is 5.91 Å². The maximum atomic E-state index is 11.9. The molecule has 0 aliphatic heterocycles. The van der Waals surface area contributed by atoms with Crippen LogP contribution in [-0.4, -0.2) is 37.9 Å². The summed E-state index contributed by atoms with van der Waals surface area (Å²) in [7, 11) is -3.42. The molecule has 2 atom stereocenters. The van der Waals surface area contributed by atoms with Crippen molar-refractivity contribution in [3.05, 3.63) is 0 Å². The molecule has 0 radical (unpaired) electrons. The van der Waals surface area contributed by atoms with Crippen LogP contribution < -0.4 is 11.1 Å². The Morgan fingerprint density at radius 3 is 2.38 bits per heavy atom. The van der Waals surface area contributed by atoms with Gasteiger partial charge in [-0.1, -0.05) is 6.92 Å². The van der Waals surface area contributed by atoms with Crippen molar-refractivity contribution in [3.8, 4) is 0 Å². The van der Waals surface area contributed by atoms with Crippen molar-refractivity contribution < 1.29 is 13.2 Å². The molecule has 6 heteroatoms. The SMILES string of the molecule is CCCNC(=O)C(C)S(=O)(=O)C(C)CCN. The van der Waals surface area contributed by atoms with Gasteiger partial charge in [0.25, 0.3) is 0 Å². The van der Waals surface area contributed by atoms with Crippen LogP contribution in [0.25, 0.3) is 0 Å². The Labute approximate surface area is 97.7 Å². The highest BCUT2D eigenvalue weighted by Gasteiger charge is 2.32. The summed E-state index contributed by atoms with van der Waals surface area (Å²) in [4.78, 5) is 11.5. The minimum absolute atomic E-state index is 0.309. The molecule has 0 aromatic heterocycles. The number of nitrogens with two attached hydrogens (primary N) is 1. The first-order valence-corrected chi connectivity index (χ1v) is 7.19. The molecule has 5 nitrogen and oxygen atoms in total. The van der Waals surface area contributed by atoms with Crippen molar-refractivity contribution in [2.45, 2.75) is 44.1 Å². The Hall–Kier alpha value is -0.620. The Morgan fingerprint density at radius 2 is 1.94 bits per heavy atom. The third-order valence-corrected chi connectivity index (χ3v) is 5.10. The molecule has 0 bridgehead atoms. The van der Waals surface area contributed by atoms with E-state index >= 15 is 0 Å². The molecule has 0 rings (SSSR count). The maximum Gasteiger partial charge on any atom is 0.238 e. The molecule has 0 aromatic carbocycles. The Kier molecular flexibility index (Phi) is 6.59. The van der Waals surface area contributed by atoms with Crippen molar-refractivity contribution in [3.63, 3.8) is 0 Å². The Bertz CT molecular complexity index is 314. The van der Waals surface area contributed by atoms with Crippen molar-refractivity contribution in [2.24, 2.45) is 5.73 Å². The summed E-state index contributed by atoms with van der Waals surface area (Å²) < 4.78 is 23.8. The van der Waals surface area contributed by atoms with E-state index in [0.717, 1.165) is 6.42 Å². The summed E-state index contributed by atoms with van der Waals surface area (Å²) in [5.74, 6) is -0.425. The zero-order valence-electron chi connectivity index (χ0n) is 10.2. The van der Waals surface area contributed by atoms with Gasteiger partial charge >= 0.3 is 0 Å². The molecule has 16 heavy (non-hydrogen) atoms. The van der Waals surface area contributed by atoms with Gasteiger partial charge in [-0.25, -0.2) is 8.42 Å². The van der Waals surface area contributed by atoms with Gasteiger partial charge in [0.05, 0.1) is 5.25 Å². The zero-order chi connectivity index (χ0) is 12.8. The van der Waals surface area contributed by atoms with Crippen LogP contribution in [0.15, 0.2) is 0 Å². The van der Waals surface area contributed by atoms with Crippen molar-refractivity contribution in [1.29, 1.82) is 0 Å². The van der Waals surface area contributed by atoms with E-state index in [1.54, 1.807) is 6.92 Å². The Morgan fingerprint density at radius 1 is 1.38 bits per heavy atom. The minimum atomic E-state index is -3.42. The number of amides is 1. The van der Waals surface area contributed by atoms with Gasteiger partial charge in [0.1, 0.15) is 5.25 Å². The standard InChI is InChI=1S/C10H22N2O3S/c1-4-7-12-10(13)9(3)16(14,15)8(2)5-6-11/h8-9H,4-7,11H2,1-3H3,(H,12,13). The normalized spacial score (nSPS) is 15.5. The highest BCUT2D eigenvalue weighted by atomic mass is 32.2. The molecule has 0 heterocycles. The molecule has 0 fully saturated rings. The number of carbonyl (C=O) groups is 1. The summed E-state index contributed by atoms with van der Waals surface area (Å²) in [5.41, 5.74) is 5.32. The van der Waals surface area contributed by atoms with E-state index in [0.29, 0.717) is 19.5 Å². The van der Waals surface area contributed by atoms with Crippen LogP contribution in [0.1, 0.15) is 33.6 Å². The van der Waals surface area contributed by atoms with E-state index in [4.69, 9.17) is 5.73 Å². The molecular formula is C10H22N2O3S. The lowest BCUT2D eigenvalue weighted by Crippen LogP contribution is -2.42. The highest BCUT2D eigenvalue weighted by molar-refractivity contribution is 7.93. The molecule has 3 N–H and O–H groups in total. The number of sulfone groups is 1. The fraction of sp³-hybridized carbons (Fsp3) is 0.900. The first-order valence-electron chi connectivity index (χ1n) is 5.58. The Balaban J connectivity index is 4.56. The van der Waals surface area contributed by atoms with E-state index in [-0.39, 0.29) is 0 Å². The second-order valence-corrected chi connectivity index (χ2v) is 6.60. The van der Waals surface area contributed by atoms with Crippen molar-refractivity contribution in [1.82, 2.24) is 5.32 Å². The predicted octanol–water partition coefficient (Wildman–Crippen LogP) is 0.0532. The van der Waals surface area contributed by atoms with E-state index < -0.39 is 26.2 Å². The van der Waals surface area contributed by atoms with Crippen LogP contribution in [0.2, 0.25) is 0 Å². The van der Waals surface area contributed by atoms with Gasteiger partial charge in [0, 0.05) is 6.54 Å². The van der Waals surface area contributed by atoms with Gasteiger partial charge in [-0.3, -0.25) is 4.79 Å². The molecule has 0 saturated carbocycles. The molecule has 0 aliphatic carbocycles. The van der Waals surface area contributed by atoms with Gasteiger partial charge < -0.3 is 11.1 Å². The molecule has 0 aliphatic rings. The lowest BCUT2D eigenvalue weighted by molar-refractivity contribution is -0.120. The number of nitrogens with one attached hydrogen (secondary N) is 1. The van der Waals surface area contributed by atoms with Crippen LogP contribution in [-0.2, 0) is 14.6 Å². The van der Waals surface area contributed by atoms with Gasteiger partial charge in [-0.15, -0.1) is 0 Å². The monoisotopic (exact) mass is 250 g/mol. The van der Waals surface area contributed by atoms with Crippen molar-refractivity contribution >= 4 is 15.7 Å². The first kappa shape index (κ1) is 15.4. The minimum Gasteiger partial charge on any atom is -0.355 e. The summed E-state index contributed by atoms with van der Waals surface area (Å²) in [6.07, 6.45) is 1.17. The fourth-order valence-corrected chi connectivity index (χ4v) is 2.83. The van der Waals surface area contributed by atoms with Crippen LogP contribution in [0.3, 0.4) is 0 Å². The maximum absolute atomic E-state index is 11.9. The van der Waals surface area contributed by atoms with Crippen LogP contribution >= 0.6 is 0 Å². The van der Waals surface area contributed by atoms with Gasteiger partial charge in [-0.05, 0) is 33.2 Å². The summed E-state index contributed by atoms with van der Waals surface area (Å²) in [6, 6.07) is 0.